The van der Waals surface area contributed by atoms with Crippen LogP contribution < -0.4 is 5.32 Å². The summed E-state index contributed by atoms with van der Waals surface area (Å²) in [5, 5.41) is 9.43. The van der Waals surface area contributed by atoms with E-state index in [4.69, 9.17) is 4.74 Å². The van der Waals surface area contributed by atoms with Crippen LogP contribution in [0, 0.1) is 0 Å². The van der Waals surface area contributed by atoms with Crippen molar-refractivity contribution in [3.63, 3.8) is 0 Å². The van der Waals surface area contributed by atoms with Gasteiger partial charge in [0.05, 0.1) is 34.6 Å². The van der Waals surface area contributed by atoms with Gasteiger partial charge in [0.15, 0.2) is 0 Å². The Balaban J connectivity index is 1.51. The lowest BCUT2D eigenvalue weighted by Crippen LogP contribution is -2.32. The molecule has 0 unspecified atom stereocenters. The van der Waals surface area contributed by atoms with Crippen LogP contribution in [0.15, 0.2) is 36.0 Å². The minimum Gasteiger partial charge on any atom is -0.378 e. The molecule has 9 heteroatoms. The van der Waals surface area contributed by atoms with Crippen molar-refractivity contribution >= 4 is 17.2 Å². The van der Waals surface area contributed by atoms with Crippen LogP contribution in [0.5, 0.6) is 0 Å². The molecule has 0 radical (unpaired) electrons. The van der Waals surface area contributed by atoms with E-state index in [1.165, 1.54) is 12.8 Å². The smallest absolute Gasteiger partial charge is 0.254 e. The monoisotopic (exact) mass is 426 g/mol. The molecule has 1 saturated heterocycles. The summed E-state index contributed by atoms with van der Waals surface area (Å²) >= 11 is 1.61. The summed E-state index contributed by atoms with van der Waals surface area (Å²) < 4.78 is 6.92. The van der Waals surface area contributed by atoms with Gasteiger partial charge in [-0.3, -0.25) is 4.79 Å². The lowest BCUT2D eigenvalue weighted by molar-refractivity contribution is 0.0945. The number of rotatable bonds is 8. The van der Waals surface area contributed by atoms with Crippen molar-refractivity contribution in [1.29, 1.82) is 0 Å². The molecule has 3 aromatic rings. The highest BCUT2D eigenvalue weighted by molar-refractivity contribution is 7.13. The minimum absolute atomic E-state index is 0.150. The number of amides is 1. The molecule has 3 aromatic heterocycles. The summed E-state index contributed by atoms with van der Waals surface area (Å²) in [5.41, 5.74) is 1.94. The van der Waals surface area contributed by atoms with Crippen molar-refractivity contribution in [2.75, 3.05) is 27.2 Å². The Bertz CT molecular complexity index is 987. The molecule has 1 fully saturated rings. The van der Waals surface area contributed by atoms with Crippen LogP contribution in [0.3, 0.4) is 0 Å². The number of likely N-dealkylation sites (tertiary alicyclic amines) is 1. The molecule has 1 aliphatic rings. The molecule has 4 heterocycles. The first-order valence-corrected chi connectivity index (χ1v) is 11.0. The third kappa shape index (κ3) is 4.43. The molecule has 0 aliphatic carbocycles. The SMILES string of the molecule is COCc1c(C(=O)NCC[C@H]2CCCN2C)cnn1-c1nccc(-c2cccs2)n1. The molecule has 30 heavy (non-hydrogen) atoms. The van der Waals surface area contributed by atoms with Crippen LogP contribution in [-0.4, -0.2) is 63.8 Å². The number of methoxy groups -OCH3 is 1. The van der Waals surface area contributed by atoms with E-state index in [2.05, 4.69) is 32.3 Å². The standard InChI is InChI=1S/C21H26N6O2S/c1-26-11-3-5-15(26)7-9-22-20(28)16-13-24-27(18(16)14-29-2)21-23-10-8-17(25-21)19-6-4-12-30-19/h4,6,8,10,12-13,15H,3,5,7,9,11,14H2,1-2H3,(H,22,28)/t15-/m1/s1. The van der Waals surface area contributed by atoms with Crippen molar-refractivity contribution in [2.45, 2.75) is 31.9 Å². The molecule has 0 saturated carbocycles. The first-order chi connectivity index (χ1) is 14.7. The van der Waals surface area contributed by atoms with E-state index in [1.807, 2.05) is 23.6 Å². The maximum absolute atomic E-state index is 12.8. The highest BCUT2D eigenvalue weighted by Gasteiger charge is 2.22. The van der Waals surface area contributed by atoms with Crippen LogP contribution in [-0.2, 0) is 11.3 Å². The predicted octanol–water partition coefficient (Wildman–Crippen LogP) is 2.75. The van der Waals surface area contributed by atoms with Crippen molar-refractivity contribution in [1.82, 2.24) is 30.0 Å². The van der Waals surface area contributed by atoms with Gasteiger partial charge in [-0.2, -0.15) is 9.78 Å². The second-order valence-electron chi connectivity index (χ2n) is 7.39. The quantitative estimate of drug-likeness (QED) is 0.596. The summed E-state index contributed by atoms with van der Waals surface area (Å²) in [6.45, 7) is 2.00. The second-order valence-corrected chi connectivity index (χ2v) is 8.34. The highest BCUT2D eigenvalue weighted by Crippen LogP contribution is 2.23. The second kappa shape index (κ2) is 9.46. The number of nitrogens with zero attached hydrogens (tertiary/aromatic N) is 5. The lowest BCUT2D eigenvalue weighted by Gasteiger charge is -2.19. The Hall–Kier alpha value is -2.62. The van der Waals surface area contributed by atoms with Crippen molar-refractivity contribution in [2.24, 2.45) is 0 Å². The number of hydrogen-bond donors (Lipinski definition) is 1. The van der Waals surface area contributed by atoms with Gasteiger partial charge in [0.25, 0.3) is 11.9 Å². The number of ether oxygens (including phenoxy) is 1. The molecule has 1 aliphatic heterocycles. The zero-order valence-corrected chi connectivity index (χ0v) is 18.1. The molecular formula is C21H26N6O2S. The summed E-state index contributed by atoms with van der Waals surface area (Å²) in [4.78, 5) is 25.2. The third-order valence-electron chi connectivity index (χ3n) is 5.44. The zero-order chi connectivity index (χ0) is 20.9. The van der Waals surface area contributed by atoms with Gasteiger partial charge in [0, 0.05) is 25.9 Å². The van der Waals surface area contributed by atoms with E-state index in [-0.39, 0.29) is 12.5 Å². The largest absolute Gasteiger partial charge is 0.378 e. The van der Waals surface area contributed by atoms with E-state index < -0.39 is 0 Å². The van der Waals surface area contributed by atoms with E-state index in [9.17, 15) is 4.79 Å². The van der Waals surface area contributed by atoms with E-state index >= 15 is 0 Å². The van der Waals surface area contributed by atoms with Crippen LogP contribution in [0.1, 0.15) is 35.3 Å². The Morgan fingerprint density at radius 3 is 3.03 bits per heavy atom. The van der Waals surface area contributed by atoms with Gasteiger partial charge in [-0.15, -0.1) is 11.3 Å². The van der Waals surface area contributed by atoms with Crippen LogP contribution in [0.2, 0.25) is 0 Å². The fourth-order valence-corrected chi connectivity index (χ4v) is 4.51. The summed E-state index contributed by atoms with van der Waals surface area (Å²) in [5.74, 6) is 0.267. The van der Waals surface area contributed by atoms with Gasteiger partial charge >= 0.3 is 0 Å². The topological polar surface area (TPSA) is 85.2 Å². The van der Waals surface area contributed by atoms with Gasteiger partial charge in [-0.25, -0.2) is 9.97 Å². The van der Waals surface area contributed by atoms with Gasteiger partial charge in [-0.1, -0.05) is 6.07 Å². The number of carbonyl (C=O) groups is 1. The van der Waals surface area contributed by atoms with E-state index in [0.29, 0.717) is 29.8 Å². The molecule has 1 N–H and O–H groups in total. The molecule has 158 valence electrons. The molecule has 0 aromatic carbocycles. The van der Waals surface area contributed by atoms with Crippen LogP contribution in [0.25, 0.3) is 16.5 Å². The summed E-state index contributed by atoms with van der Waals surface area (Å²) in [6, 6.07) is 6.40. The number of aromatic nitrogens is 4. The third-order valence-corrected chi connectivity index (χ3v) is 6.33. The maximum atomic E-state index is 12.8. The lowest BCUT2D eigenvalue weighted by atomic mass is 10.1. The molecule has 0 spiro atoms. The summed E-state index contributed by atoms with van der Waals surface area (Å²) in [6.07, 6.45) is 6.63. The Morgan fingerprint density at radius 1 is 1.40 bits per heavy atom. The zero-order valence-electron chi connectivity index (χ0n) is 17.2. The van der Waals surface area contributed by atoms with Gasteiger partial charge in [-0.05, 0) is 50.4 Å². The van der Waals surface area contributed by atoms with Crippen LogP contribution in [0.4, 0.5) is 0 Å². The average Bonchev–Trinajstić information content (AvgIpc) is 3.50. The molecule has 4 rings (SSSR count). The van der Waals surface area contributed by atoms with Crippen LogP contribution >= 0.6 is 11.3 Å². The number of carbonyl (C=O) groups excluding carboxylic acids is 1. The van der Waals surface area contributed by atoms with Gasteiger partial charge in [0.2, 0.25) is 0 Å². The molecule has 0 bridgehead atoms. The molecule has 8 nitrogen and oxygen atoms in total. The van der Waals surface area contributed by atoms with Crippen molar-refractivity contribution in [3.05, 3.63) is 47.2 Å². The van der Waals surface area contributed by atoms with E-state index in [0.717, 1.165) is 23.5 Å². The molecule has 1 atom stereocenters. The van der Waals surface area contributed by atoms with Gasteiger partial charge < -0.3 is 15.0 Å². The Kier molecular flexibility index (Phi) is 6.51. The van der Waals surface area contributed by atoms with Gasteiger partial charge in [0.1, 0.15) is 0 Å². The number of hydrogen-bond acceptors (Lipinski definition) is 7. The molecule has 1 amide bonds. The Labute approximate surface area is 179 Å². The Morgan fingerprint density at radius 2 is 2.30 bits per heavy atom. The minimum atomic E-state index is -0.150. The average molecular weight is 427 g/mol. The fraction of sp³-hybridized carbons (Fsp3) is 0.429. The first-order valence-electron chi connectivity index (χ1n) is 10.1. The highest BCUT2D eigenvalue weighted by atomic mass is 32.1. The van der Waals surface area contributed by atoms with E-state index in [1.54, 1.807) is 35.5 Å². The number of nitrogens with one attached hydrogen (secondary N) is 1. The predicted molar refractivity (Wildman–Crippen MR) is 116 cm³/mol. The maximum Gasteiger partial charge on any atom is 0.254 e. The number of thiophene rings is 1. The molecular weight excluding hydrogens is 400 g/mol. The van der Waals surface area contributed by atoms with Crippen molar-refractivity contribution in [3.8, 4) is 16.5 Å². The fourth-order valence-electron chi connectivity index (χ4n) is 3.81. The van der Waals surface area contributed by atoms with Crippen molar-refractivity contribution < 1.29 is 9.53 Å². The first kappa shape index (κ1) is 20.6. The summed E-state index contributed by atoms with van der Waals surface area (Å²) in [7, 11) is 3.74. The normalized spacial score (nSPS) is 16.8.